The number of aromatic nitrogens is 2. The molecule has 5 N–H and O–H groups in total. The Bertz CT molecular complexity index is 1150. The van der Waals surface area contributed by atoms with Crippen molar-refractivity contribution in [2.24, 2.45) is 5.92 Å². The summed E-state index contributed by atoms with van der Waals surface area (Å²) in [5.41, 5.74) is 5.63. The Morgan fingerprint density at radius 3 is 2.62 bits per heavy atom. The lowest BCUT2D eigenvalue weighted by Crippen LogP contribution is -2.44. The minimum atomic E-state index is -0.754. The van der Waals surface area contributed by atoms with E-state index in [-0.39, 0.29) is 55.6 Å². The number of para-hydroxylation sites is 1. The first-order valence-corrected chi connectivity index (χ1v) is 11.3. The highest BCUT2D eigenvalue weighted by Crippen LogP contribution is 2.22. The minimum Gasteiger partial charge on any atom is -0.383 e. The Balaban J connectivity index is 1.86. The molecule has 11 nitrogen and oxygen atoms in total. The molecule has 0 bridgehead atoms. The maximum Gasteiger partial charge on any atom is 0.330 e. The second-order valence-corrected chi connectivity index (χ2v) is 8.68. The van der Waals surface area contributed by atoms with E-state index in [2.05, 4.69) is 15.6 Å². The maximum absolute atomic E-state index is 13.2. The number of benzene rings is 1. The highest BCUT2D eigenvalue weighted by molar-refractivity contribution is 6.02. The van der Waals surface area contributed by atoms with Crippen LogP contribution >= 0.6 is 0 Å². The lowest BCUT2D eigenvalue weighted by atomic mass is 10.1. The van der Waals surface area contributed by atoms with Gasteiger partial charge in [0, 0.05) is 31.9 Å². The first kappa shape index (κ1) is 25.0. The van der Waals surface area contributed by atoms with E-state index in [1.807, 2.05) is 13.8 Å². The number of hydrogen-bond donors (Lipinski definition) is 4. The number of nitrogens with two attached hydrogens (primary N) is 1. The molecule has 0 atom stereocenters. The van der Waals surface area contributed by atoms with Crippen molar-refractivity contribution in [2.45, 2.75) is 39.3 Å². The summed E-state index contributed by atoms with van der Waals surface area (Å²) in [5.74, 6) is -0.685. The quantitative estimate of drug-likeness (QED) is 0.377. The van der Waals surface area contributed by atoms with Crippen LogP contribution in [0.5, 0.6) is 0 Å². The third-order valence-electron chi connectivity index (χ3n) is 5.37. The summed E-state index contributed by atoms with van der Waals surface area (Å²) >= 11 is 0. The number of carbonyl (C=O) groups excluding carboxylic acids is 2. The molecular formula is C23H32N6O5. The maximum atomic E-state index is 13.2. The van der Waals surface area contributed by atoms with Crippen molar-refractivity contribution < 1.29 is 14.3 Å². The van der Waals surface area contributed by atoms with Crippen molar-refractivity contribution in [2.75, 3.05) is 42.8 Å². The van der Waals surface area contributed by atoms with Crippen molar-refractivity contribution in [3.05, 3.63) is 50.7 Å². The second-order valence-electron chi connectivity index (χ2n) is 8.68. The zero-order valence-corrected chi connectivity index (χ0v) is 19.7. The summed E-state index contributed by atoms with van der Waals surface area (Å²) in [6.07, 6.45) is 1.92. The van der Waals surface area contributed by atoms with Crippen LogP contribution < -0.4 is 32.5 Å². The Hall–Kier alpha value is -3.60. The number of hydrogen-bond acceptors (Lipinski definition) is 7. The van der Waals surface area contributed by atoms with Crippen LogP contribution in [0.4, 0.5) is 17.2 Å². The van der Waals surface area contributed by atoms with Gasteiger partial charge in [-0.15, -0.1) is 0 Å². The Labute approximate surface area is 197 Å². The van der Waals surface area contributed by atoms with Crippen LogP contribution in [0, 0.1) is 5.92 Å². The van der Waals surface area contributed by atoms with E-state index in [1.165, 1.54) is 16.6 Å². The smallest absolute Gasteiger partial charge is 0.330 e. The van der Waals surface area contributed by atoms with Crippen LogP contribution in [0.25, 0.3) is 0 Å². The van der Waals surface area contributed by atoms with Gasteiger partial charge in [-0.25, -0.2) is 4.79 Å². The van der Waals surface area contributed by atoms with Crippen LogP contribution in [0.2, 0.25) is 0 Å². The van der Waals surface area contributed by atoms with Gasteiger partial charge in [-0.05, 0) is 30.9 Å². The molecule has 1 heterocycles. The van der Waals surface area contributed by atoms with Gasteiger partial charge in [0.25, 0.3) is 11.5 Å². The zero-order chi connectivity index (χ0) is 24.8. The van der Waals surface area contributed by atoms with Crippen molar-refractivity contribution in [3.63, 3.8) is 0 Å². The molecule has 184 valence electrons. The number of anilines is 3. The fraction of sp³-hybridized carbons (Fsp3) is 0.478. The van der Waals surface area contributed by atoms with Gasteiger partial charge < -0.3 is 26.0 Å². The van der Waals surface area contributed by atoms with Crippen molar-refractivity contribution >= 4 is 29.0 Å². The summed E-state index contributed by atoms with van der Waals surface area (Å²) < 4.78 is 6.36. The molecule has 2 amide bonds. The number of nitrogens with one attached hydrogen (secondary N) is 3. The van der Waals surface area contributed by atoms with Gasteiger partial charge in [0.15, 0.2) is 5.69 Å². The molecule has 1 aliphatic rings. The number of ether oxygens (including phenoxy) is 1. The highest BCUT2D eigenvalue weighted by atomic mass is 16.5. The Morgan fingerprint density at radius 1 is 1.26 bits per heavy atom. The van der Waals surface area contributed by atoms with Crippen molar-refractivity contribution in [3.8, 4) is 0 Å². The third kappa shape index (κ3) is 6.04. The summed E-state index contributed by atoms with van der Waals surface area (Å²) in [6, 6.07) is 7.09. The van der Waals surface area contributed by atoms with Crippen LogP contribution in [0.3, 0.4) is 0 Å². The van der Waals surface area contributed by atoms with E-state index in [0.717, 1.165) is 12.8 Å². The number of amides is 2. The van der Waals surface area contributed by atoms with E-state index in [9.17, 15) is 19.2 Å². The average molecular weight is 473 g/mol. The first-order chi connectivity index (χ1) is 16.2. The molecule has 0 spiro atoms. The number of methoxy groups -OCH3 is 1. The van der Waals surface area contributed by atoms with Crippen LogP contribution in [-0.4, -0.2) is 54.2 Å². The topological polar surface area (TPSA) is 152 Å². The molecule has 1 aromatic heterocycles. The molecule has 1 saturated carbocycles. The largest absolute Gasteiger partial charge is 0.383 e. The van der Waals surface area contributed by atoms with E-state index in [1.54, 1.807) is 24.3 Å². The third-order valence-corrected chi connectivity index (χ3v) is 5.37. The average Bonchev–Trinajstić information content (AvgIpc) is 3.61. The summed E-state index contributed by atoms with van der Waals surface area (Å²) in [4.78, 5) is 54.2. The lowest BCUT2D eigenvalue weighted by molar-refractivity contribution is -0.117. The Kier molecular flexibility index (Phi) is 8.11. The van der Waals surface area contributed by atoms with E-state index in [0.29, 0.717) is 11.3 Å². The second kappa shape index (κ2) is 11.0. The molecule has 3 rings (SSSR count). The van der Waals surface area contributed by atoms with E-state index < -0.39 is 17.2 Å². The zero-order valence-electron chi connectivity index (χ0n) is 19.7. The van der Waals surface area contributed by atoms with Gasteiger partial charge in [-0.1, -0.05) is 26.0 Å². The summed E-state index contributed by atoms with van der Waals surface area (Å²) in [5, 5.41) is 5.93. The van der Waals surface area contributed by atoms with Crippen LogP contribution in [0.15, 0.2) is 33.9 Å². The molecule has 0 saturated heterocycles. The number of nitrogens with zero attached hydrogens (tertiary/aromatic N) is 2. The predicted molar refractivity (Wildman–Crippen MR) is 130 cm³/mol. The molecule has 0 radical (unpaired) electrons. The molecular weight excluding hydrogens is 440 g/mol. The number of rotatable bonds is 11. The standard InChI is InChI=1S/C23H32N6O5/c1-14(2)13-29-20(24)19(22(32)27-23(29)33)28(10-11-34-3)18(30)12-25-17-7-5-4-6-16(17)21(31)26-15-8-9-15/h4-7,14-15,25H,8-13,24H2,1-3H3,(H,26,31)(H,27,32,33). The van der Waals surface area contributed by atoms with Gasteiger partial charge in [-0.2, -0.15) is 0 Å². The fourth-order valence-corrected chi connectivity index (χ4v) is 3.52. The van der Waals surface area contributed by atoms with Gasteiger partial charge in [0.05, 0.1) is 18.7 Å². The summed E-state index contributed by atoms with van der Waals surface area (Å²) in [6.45, 7) is 4.08. The monoisotopic (exact) mass is 472 g/mol. The molecule has 1 aliphatic carbocycles. The minimum absolute atomic E-state index is 0.0496. The number of aromatic amines is 1. The van der Waals surface area contributed by atoms with Gasteiger partial charge in [0.1, 0.15) is 5.82 Å². The molecule has 11 heteroatoms. The highest BCUT2D eigenvalue weighted by Gasteiger charge is 2.26. The van der Waals surface area contributed by atoms with Crippen LogP contribution in [0.1, 0.15) is 37.0 Å². The van der Waals surface area contributed by atoms with Crippen molar-refractivity contribution in [1.29, 1.82) is 0 Å². The van der Waals surface area contributed by atoms with Gasteiger partial charge in [-0.3, -0.25) is 23.9 Å². The van der Waals surface area contributed by atoms with Crippen molar-refractivity contribution in [1.82, 2.24) is 14.9 Å². The molecule has 1 fully saturated rings. The molecule has 0 unspecified atom stereocenters. The Morgan fingerprint density at radius 2 is 1.97 bits per heavy atom. The molecule has 1 aromatic carbocycles. The molecule has 34 heavy (non-hydrogen) atoms. The summed E-state index contributed by atoms with van der Waals surface area (Å²) in [7, 11) is 1.48. The lowest BCUT2D eigenvalue weighted by Gasteiger charge is -2.25. The number of carbonyl (C=O) groups is 2. The SMILES string of the molecule is COCCN(C(=O)CNc1ccccc1C(=O)NC1CC1)c1c(N)n(CC(C)C)c(=O)[nH]c1=O. The van der Waals surface area contributed by atoms with E-state index in [4.69, 9.17) is 10.5 Å². The van der Waals surface area contributed by atoms with Crippen LogP contribution in [-0.2, 0) is 16.1 Å². The normalized spacial score (nSPS) is 13.1. The van der Waals surface area contributed by atoms with E-state index >= 15 is 0 Å². The molecule has 0 aliphatic heterocycles. The fourth-order valence-electron chi connectivity index (χ4n) is 3.52. The number of nitrogen functional groups attached to an aromatic ring is 1. The molecule has 2 aromatic rings. The first-order valence-electron chi connectivity index (χ1n) is 11.3. The van der Waals surface area contributed by atoms with Gasteiger partial charge in [0.2, 0.25) is 5.91 Å². The number of H-pyrrole nitrogens is 1. The predicted octanol–water partition coefficient (Wildman–Crippen LogP) is 0.759. The van der Waals surface area contributed by atoms with Gasteiger partial charge >= 0.3 is 5.69 Å².